The zero-order valence-electron chi connectivity index (χ0n) is 20.4. The molecule has 1 aromatic carbocycles. The van der Waals surface area contributed by atoms with Crippen molar-refractivity contribution >= 4 is 27.7 Å². The van der Waals surface area contributed by atoms with Crippen LogP contribution in [0.5, 0.6) is 0 Å². The largest absolute Gasteiger partial charge is 0.454 e. The first-order valence-corrected chi connectivity index (χ1v) is 12.0. The van der Waals surface area contributed by atoms with E-state index in [0.29, 0.717) is 16.7 Å². The second kappa shape index (κ2) is 8.88. The average Bonchev–Trinajstić information content (AvgIpc) is 3.36. The maximum absolute atomic E-state index is 12.6. The molecule has 0 saturated carbocycles. The van der Waals surface area contributed by atoms with Gasteiger partial charge in [-0.1, -0.05) is 11.6 Å². The lowest BCUT2D eigenvalue weighted by Gasteiger charge is -2.32. The molecule has 5 rings (SSSR count). The van der Waals surface area contributed by atoms with Crippen molar-refractivity contribution in [2.24, 2.45) is 0 Å². The molecule has 3 aromatic heterocycles. The van der Waals surface area contributed by atoms with E-state index >= 15 is 0 Å². The van der Waals surface area contributed by atoms with Crippen molar-refractivity contribution in [2.75, 3.05) is 46.0 Å². The monoisotopic (exact) mass is 463 g/mol. The van der Waals surface area contributed by atoms with Gasteiger partial charge in [0.05, 0.1) is 11.4 Å². The number of furan rings is 1. The first-order chi connectivity index (χ1) is 16.3. The molecule has 4 heterocycles. The summed E-state index contributed by atoms with van der Waals surface area (Å²) in [7, 11) is 4.22. The van der Waals surface area contributed by atoms with Crippen LogP contribution in [0.3, 0.4) is 0 Å². The number of aryl methyl sites for hydroxylation is 2. The van der Waals surface area contributed by atoms with E-state index in [1.165, 1.54) is 5.56 Å². The molecule has 1 saturated heterocycles. The van der Waals surface area contributed by atoms with Gasteiger partial charge in [-0.2, -0.15) is 10.2 Å². The number of anilines is 1. The van der Waals surface area contributed by atoms with E-state index in [0.717, 1.165) is 67.7 Å². The number of H-pyrrole nitrogens is 1. The van der Waals surface area contributed by atoms with E-state index < -0.39 is 0 Å². The molecule has 4 aromatic rings. The van der Waals surface area contributed by atoms with E-state index in [9.17, 15) is 4.79 Å². The van der Waals surface area contributed by atoms with Crippen molar-refractivity contribution in [3.8, 4) is 11.5 Å². The number of aromatic nitrogens is 4. The highest BCUT2D eigenvalue weighted by atomic mass is 16.3. The minimum Gasteiger partial charge on any atom is -0.454 e. The van der Waals surface area contributed by atoms with Crippen LogP contribution in [-0.4, -0.2) is 70.1 Å². The van der Waals surface area contributed by atoms with Crippen LogP contribution in [-0.2, 0) is 0 Å². The van der Waals surface area contributed by atoms with E-state index in [1.54, 1.807) is 0 Å². The van der Waals surface area contributed by atoms with Gasteiger partial charge in [0.15, 0.2) is 17.1 Å². The number of nitrogen functional groups attached to an aromatic ring is 1. The number of aromatic amines is 1. The number of nitrogens with zero attached hydrogens (tertiary/aromatic N) is 5. The van der Waals surface area contributed by atoms with Crippen molar-refractivity contribution in [2.45, 2.75) is 39.2 Å². The number of piperidine rings is 1. The maximum atomic E-state index is 12.6. The highest BCUT2D eigenvalue weighted by Crippen LogP contribution is 2.40. The maximum Gasteiger partial charge on any atom is 0.292 e. The molecular formula is C25H33N7O2. The zero-order valence-corrected chi connectivity index (χ0v) is 20.4. The minimum absolute atomic E-state index is 0.153. The third kappa shape index (κ3) is 3.99. The molecule has 3 N–H and O–H groups in total. The van der Waals surface area contributed by atoms with Crippen molar-refractivity contribution in [1.82, 2.24) is 29.8 Å². The van der Waals surface area contributed by atoms with Crippen LogP contribution in [0.4, 0.5) is 5.82 Å². The molecule has 1 fully saturated rings. The minimum atomic E-state index is -0.338. The van der Waals surface area contributed by atoms with E-state index in [-0.39, 0.29) is 17.4 Å². The Morgan fingerprint density at radius 3 is 2.74 bits per heavy atom. The van der Waals surface area contributed by atoms with Crippen molar-refractivity contribution in [3.63, 3.8) is 0 Å². The summed E-state index contributed by atoms with van der Waals surface area (Å²) < 4.78 is 8.34. The Balaban J connectivity index is 1.56. The van der Waals surface area contributed by atoms with E-state index in [1.807, 2.05) is 23.7 Å². The van der Waals surface area contributed by atoms with Crippen LogP contribution in [0.25, 0.3) is 33.3 Å². The molecule has 9 nitrogen and oxygen atoms in total. The summed E-state index contributed by atoms with van der Waals surface area (Å²) in [4.78, 5) is 17.4. The number of nitrogens with one attached hydrogen (secondary N) is 1. The van der Waals surface area contributed by atoms with Crippen LogP contribution in [0, 0.1) is 13.8 Å². The van der Waals surface area contributed by atoms with Crippen LogP contribution < -0.4 is 11.3 Å². The van der Waals surface area contributed by atoms with Gasteiger partial charge >= 0.3 is 0 Å². The smallest absolute Gasteiger partial charge is 0.292 e. The van der Waals surface area contributed by atoms with E-state index in [2.05, 4.69) is 47.1 Å². The average molecular weight is 464 g/mol. The molecule has 34 heavy (non-hydrogen) atoms. The quantitative estimate of drug-likeness (QED) is 0.451. The van der Waals surface area contributed by atoms with Crippen LogP contribution in [0.2, 0.25) is 0 Å². The lowest BCUT2D eigenvalue weighted by atomic mass is 10.0. The Hall–Kier alpha value is -3.17. The number of nitrogens with two attached hydrogens (primary N) is 1. The normalized spacial score (nSPS) is 15.8. The SMILES string of the molecule is Cc1ccc2oc(-c3c4c(N)n[nH]c(=O)c4nn3C3CCN(CCCN(C)C)CC3)c(C)c2c1. The van der Waals surface area contributed by atoms with Gasteiger partial charge in [-0.3, -0.25) is 9.48 Å². The molecule has 0 bridgehead atoms. The number of hydrogen-bond donors (Lipinski definition) is 2. The highest BCUT2D eigenvalue weighted by Gasteiger charge is 2.30. The lowest BCUT2D eigenvalue weighted by molar-refractivity contribution is 0.174. The number of hydrogen-bond acceptors (Lipinski definition) is 7. The topological polar surface area (TPSA) is 109 Å². The Morgan fingerprint density at radius 1 is 1.24 bits per heavy atom. The van der Waals surface area contributed by atoms with Gasteiger partial charge in [-0.05, 0) is 72.4 Å². The first-order valence-electron chi connectivity index (χ1n) is 12.0. The molecule has 0 aliphatic carbocycles. The molecule has 180 valence electrons. The molecule has 9 heteroatoms. The van der Waals surface area contributed by atoms with Gasteiger partial charge < -0.3 is 20.0 Å². The van der Waals surface area contributed by atoms with Crippen LogP contribution in [0.15, 0.2) is 27.4 Å². The fourth-order valence-electron chi connectivity index (χ4n) is 5.10. The third-order valence-corrected chi connectivity index (χ3v) is 6.95. The number of rotatable bonds is 6. The number of benzene rings is 1. The summed E-state index contributed by atoms with van der Waals surface area (Å²) >= 11 is 0. The molecule has 0 radical (unpaired) electrons. The van der Waals surface area contributed by atoms with Crippen molar-refractivity contribution in [1.29, 1.82) is 0 Å². The number of likely N-dealkylation sites (tertiary alicyclic amines) is 1. The Labute approximate surface area is 198 Å². The van der Waals surface area contributed by atoms with Crippen molar-refractivity contribution in [3.05, 3.63) is 39.7 Å². The standard InChI is InChI=1S/C25H33N7O2/c1-15-6-7-19-18(14-15)16(2)23(34-19)22-20-21(25(33)28-27-24(20)26)29-32(22)17-8-12-31(13-9-17)11-5-10-30(3)4/h6-7,14,17H,5,8-13H2,1-4H3,(H2,26,27)(H,28,33). The second-order valence-electron chi connectivity index (χ2n) is 9.74. The first kappa shape index (κ1) is 22.6. The Kier molecular flexibility index (Phi) is 5.91. The predicted molar refractivity (Wildman–Crippen MR) is 135 cm³/mol. The molecular weight excluding hydrogens is 430 g/mol. The van der Waals surface area contributed by atoms with Gasteiger partial charge in [-0.15, -0.1) is 0 Å². The summed E-state index contributed by atoms with van der Waals surface area (Å²) in [6, 6.07) is 6.31. The Morgan fingerprint density at radius 2 is 2.00 bits per heavy atom. The summed E-state index contributed by atoms with van der Waals surface area (Å²) in [5.74, 6) is 0.962. The fraction of sp³-hybridized carbons (Fsp3) is 0.480. The van der Waals surface area contributed by atoms with Crippen LogP contribution in [0.1, 0.15) is 36.4 Å². The van der Waals surface area contributed by atoms with Gasteiger partial charge in [0.2, 0.25) is 0 Å². The van der Waals surface area contributed by atoms with Gasteiger partial charge in [0.25, 0.3) is 5.56 Å². The summed E-state index contributed by atoms with van der Waals surface area (Å²) in [5, 5.41) is 12.9. The van der Waals surface area contributed by atoms with Gasteiger partial charge in [-0.25, -0.2) is 5.10 Å². The lowest BCUT2D eigenvalue weighted by Crippen LogP contribution is -2.36. The molecule has 0 unspecified atom stereocenters. The highest BCUT2D eigenvalue weighted by molar-refractivity contribution is 6.01. The molecule has 0 spiro atoms. The molecule has 1 aliphatic heterocycles. The molecule has 0 amide bonds. The third-order valence-electron chi connectivity index (χ3n) is 6.95. The van der Waals surface area contributed by atoms with E-state index in [4.69, 9.17) is 15.2 Å². The second-order valence-corrected chi connectivity index (χ2v) is 9.74. The zero-order chi connectivity index (χ0) is 24.0. The van der Waals surface area contributed by atoms with Gasteiger partial charge in [0, 0.05) is 24.0 Å². The number of fused-ring (bicyclic) bond motifs is 2. The summed E-state index contributed by atoms with van der Waals surface area (Å²) in [6.45, 7) is 8.30. The summed E-state index contributed by atoms with van der Waals surface area (Å²) in [6.07, 6.45) is 3.06. The Bertz CT molecular complexity index is 1390. The molecule has 1 aliphatic rings. The van der Waals surface area contributed by atoms with Crippen LogP contribution >= 0.6 is 0 Å². The van der Waals surface area contributed by atoms with Gasteiger partial charge in [0.1, 0.15) is 11.3 Å². The predicted octanol–water partition coefficient (Wildman–Crippen LogP) is 3.32. The van der Waals surface area contributed by atoms with Crippen molar-refractivity contribution < 1.29 is 4.42 Å². The molecule has 0 atom stereocenters. The summed E-state index contributed by atoms with van der Waals surface area (Å²) in [5.41, 5.74) is 10.0. The fourth-order valence-corrected chi connectivity index (χ4v) is 5.10.